The zero-order chi connectivity index (χ0) is 18.2. The molecule has 0 atom stereocenters. The van der Waals surface area contributed by atoms with Crippen molar-refractivity contribution in [1.82, 2.24) is 10.9 Å². The first-order valence-electron chi connectivity index (χ1n) is 7.09. The zero-order valence-electron chi connectivity index (χ0n) is 12.9. The molecule has 2 aromatic carbocycles. The van der Waals surface area contributed by atoms with Crippen molar-refractivity contribution in [2.24, 2.45) is 5.73 Å². The monoisotopic (exact) mass is 362 g/mol. The van der Waals surface area contributed by atoms with Gasteiger partial charge in [0.2, 0.25) is 0 Å². The number of rotatable bonds is 5. The summed E-state index contributed by atoms with van der Waals surface area (Å²) in [6, 6.07) is 12.2. The second kappa shape index (κ2) is 8.60. The van der Waals surface area contributed by atoms with Gasteiger partial charge < -0.3 is 15.8 Å². The molecule has 0 aliphatic carbocycles. The molecule has 2 aromatic rings. The summed E-state index contributed by atoms with van der Waals surface area (Å²) in [5, 5.41) is 2.59. The normalized spacial score (nSPS) is 9.80. The quantitative estimate of drug-likeness (QED) is 0.472. The highest BCUT2D eigenvalue weighted by Crippen LogP contribution is 2.16. The highest BCUT2D eigenvalue weighted by Gasteiger charge is 2.10. The predicted molar refractivity (Wildman–Crippen MR) is 94.4 cm³/mol. The van der Waals surface area contributed by atoms with E-state index >= 15 is 0 Å². The maximum absolute atomic E-state index is 13.5. The van der Waals surface area contributed by atoms with Gasteiger partial charge in [-0.3, -0.25) is 20.4 Å². The van der Waals surface area contributed by atoms with E-state index in [9.17, 15) is 14.0 Å². The van der Waals surface area contributed by atoms with Crippen LogP contribution in [0.2, 0.25) is 0 Å². The number of ether oxygens (including phenoxy) is 1. The molecule has 0 fully saturated rings. The van der Waals surface area contributed by atoms with Crippen molar-refractivity contribution in [3.05, 3.63) is 59.9 Å². The number of benzene rings is 2. The van der Waals surface area contributed by atoms with Crippen LogP contribution in [0.1, 0.15) is 10.4 Å². The number of anilines is 1. The van der Waals surface area contributed by atoms with E-state index < -0.39 is 17.6 Å². The fourth-order valence-electron chi connectivity index (χ4n) is 1.82. The molecule has 0 bridgehead atoms. The summed E-state index contributed by atoms with van der Waals surface area (Å²) in [7, 11) is 0. The number of primary amides is 1. The molecule has 7 nitrogen and oxygen atoms in total. The third-order valence-corrected chi connectivity index (χ3v) is 3.15. The van der Waals surface area contributed by atoms with Crippen molar-refractivity contribution in [3.8, 4) is 5.75 Å². The fraction of sp³-hybridized carbons (Fsp3) is 0.0625. The van der Waals surface area contributed by atoms with Crippen molar-refractivity contribution in [2.75, 3.05) is 11.9 Å². The minimum Gasteiger partial charge on any atom is -0.483 e. The van der Waals surface area contributed by atoms with E-state index in [1.807, 2.05) is 0 Å². The van der Waals surface area contributed by atoms with E-state index in [0.29, 0.717) is 0 Å². The van der Waals surface area contributed by atoms with Crippen LogP contribution in [0.25, 0.3) is 0 Å². The van der Waals surface area contributed by atoms with Crippen molar-refractivity contribution < 1.29 is 18.7 Å². The van der Waals surface area contributed by atoms with E-state index in [1.165, 1.54) is 24.3 Å². The lowest BCUT2D eigenvalue weighted by molar-refractivity contribution is -0.123. The second-order valence-electron chi connectivity index (χ2n) is 4.76. The second-order valence-corrected chi connectivity index (χ2v) is 5.16. The molecule has 5 N–H and O–H groups in total. The lowest BCUT2D eigenvalue weighted by atomic mass is 10.2. The Kier molecular flexibility index (Phi) is 6.24. The number of carbonyl (C=O) groups is 2. The Morgan fingerprint density at radius 2 is 1.76 bits per heavy atom. The number of amides is 2. The highest BCUT2D eigenvalue weighted by atomic mass is 32.1. The van der Waals surface area contributed by atoms with Gasteiger partial charge in [-0.2, -0.15) is 0 Å². The van der Waals surface area contributed by atoms with Gasteiger partial charge in [0.15, 0.2) is 11.7 Å². The van der Waals surface area contributed by atoms with Gasteiger partial charge in [-0.05, 0) is 36.5 Å². The Morgan fingerprint density at radius 1 is 1.08 bits per heavy atom. The molecule has 0 saturated carbocycles. The minimum atomic E-state index is -0.663. The Labute approximate surface area is 148 Å². The predicted octanol–water partition coefficient (Wildman–Crippen LogP) is 1.32. The van der Waals surface area contributed by atoms with E-state index in [4.69, 9.17) is 22.7 Å². The molecule has 0 unspecified atom stereocenters. The zero-order valence-corrected chi connectivity index (χ0v) is 13.7. The van der Waals surface area contributed by atoms with Crippen molar-refractivity contribution >= 4 is 34.8 Å². The SMILES string of the molecule is NC(=O)c1ccccc1OCC(=O)NNC(=S)Nc1ccccc1F. The van der Waals surface area contributed by atoms with Crippen molar-refractivity contribution in [3.63, 3.8) is 0 Å². The van der Waals surface area contributed by atoms with Crippen LogP contribution in [-0.4, -0.2) is 23.5 Å². The first-order valence-corrected chi connectivity index (χ1v) is 7.50. The Balaban J connectivity index is 1.80. The number of nitrogens with one attached hydrogen (secondary N) is 3. The number of hydrogen-bond donors (Lipinski definition) is 4. The van der Waals surface area contributed by atoms with Crippen LogP contribution in [0.4, 0.5) is 10.1 Å². The first kappa shape index (κ1) is 18.1. The van der Waals surface area contributed by atoms with Gasteiger partial charge in [0, 0.05) is 0 Å². The number of hydrazine groups is 1. The number of nitrogens with two attached hydrogens (primary N) is 1. The van der Waals surface area contributed by atoms with Gasteiger partial charge in [-0.25, -0.2) is 4.39 Å². The molecule has 0 spiro atoms. The lowest BCUT2D eigenvalue weighted by Crippen LogP contribution is -2.45. The number of carbonyl (C=O) groups excluding carboxylic acids is 2. The Hall–Kier alpha value is -3.20. The molecular formula is C16H15FN4O3S. The van der Waals surface area contributed by atoms with Crippen LogP contribution < -0.4 is 26.6 Å². The average molecular weight is 362 g/mol. The summed E-state index contributed by atoms with van der Waals surface area (Å²) in [4.78, 5) is 23.0. The molecule has 0 saturated heterocycles. The van der Waals surface area contributed by atoms with Gasteiger partial charge in [-0.1, -0.05) is 24.3 Å². The molecule has 9 heteroatoms. The molecule has 0 heterocycles. The third kappa shape index (κ3) is 5.43. The molecule has 0 aliphatic rings. The fourth-order valence-corrected chi connectivity index (χ4v) is 1.98. The van der Waals surface area contributed by atoms with Crippen LogP contribution in [0.15, 0.2) is 48.5 Å². The summed E-state index contributed by atoms with van der Waals surface area (Å²) >= 11 is 4.94. The Bertz CT molecular complexity index is 800. The summed E-state index contributed by atoms with van der Waals surface area (Å²) in [5.41, 5.74) is 10.3. The van der Waals surface area contributed by atoms with Gasteiger partial charge in [-0.15, -0.1) is 0 Å². The maximum atomic E-state index is 13.5. The number of para-hydroxylation sites is 2. The topological polar surface area (TPSA) is 105 Å². The molecule has 25 heavy (non-hydrogen) atoms. The number of thiocarbonyl (C=S) groups is 1. The largest absolute Gasteiger partial charge is 0.483 e. The van der Waals surface area contributed by atoms with Crippen molar-refractivity contribution in [2.45, 2.75) is 0 Å². The molecule has 0 radical (unpaired) electrons. The molecule has 2 amide bonds. The van der Waals surface area contributed by atoms with E-state index in [2.05, 4.69) is 16.2 Å². The Morgan fingerprint density at radius 3 is 2.48 bits per heavy atom. The van der Waals surface area contributed by atoms with Crippen molar-refractivity contribution in [1.29, 1.82) is 0 Å². The summed E-state index contributed by atoms with van der Waals surface area (Å²) < 4.78 is 18.7. The molecule has 0 aromatic heterocycles. The standard InChI is InChI=1S/C16H15FN4O3S/c17-11-6-2-3-7-12(11)19-16(25)21-20-14(22)9-24-13-8-4-1-5-10(13)15(18)23/h1-8H,9H2,(H2,18,23)(H,20,22)(H2,19,21,25). The van der Waals surface area contributed by atoms with Gasteiger partial charge >= 0.3 is 0 Å². The van der Waals surface area contributed by atoms with Gasteiger partial charge in [0.05, 0.1) is 11.3 Å². The van der Waals surface area contributed by atoms with Crippen LogP contribution in [0, 0.1) is 5.82 Å². The maximum Gasteiger partial charge on any atom is 0.276 e. The van der Waals surface area contributed by atoms with Crippen LogP contribution >= 0.6 is 12.2 Å². The molecular weight excluding hydrogens is 347 g/mol. The lowest BCUT2D eigenvalue weighted by Gasteiger charge is -2.13. The van der Waals surface area contributed by atoms with E-state index in [0.717, 1.165) is 0 Å². The van der Waals surface area contributed by atoms with Gasteiger partial charge in [0.25, 0.3) is 11.8 Å². The van der Waals surface area contributed by atoms with Crippen LogP contribution in [0.5, 0.6) is 5.75 Å². The molecule has 130 valence electrons. The summed E-state index contributed by atoms with van der Waals surface area (Å²) in [5.74, 6) is -1.51. The minimum absolute atomic E-state index is 0.00372. The average Bonchev–Trinajstić information content (AvgIpc) is 2.60. The third-order valence-electron chi connectivity index (χ3n) is 2.95. The first-order chi connectivity index (χ1) is 12.0. The highest BCUT2D eigenvalue weighted by molar-refractivity contribution is 7.80. The summed E-state index contributed by atoms with van der Waals surface area (Å²) in [6.07, 6.45) is 0. The van der Waals surface area contributed by atoms with Crippen LogP contribution in [-0.2, 0) is 4.79 Å². The summed E-state index contributed by atoms with van der Waals surface area (Å²) in [6.45, 7) is -0.375. The smallest absolute Gasteiger partial charge is 0.276 e. The molecule has 2 rings (SSSR count). The number of halogens is 1. The van der Waals surface area contributed by atoms with Crippen LogP contribution in [0.3, 0.4) is 0 Å². The van der Waals surface area contributed by atoms with E-state index in [1.54, 1.807) is 24.3 Å². The van der Waals surface area contributed by atoms with E-state index in [-0.39, 0.29) is 28.7 Å². The number of hydrogen-bond acceptors (Lipinski definition) is 4. The molecule has 0 aliphatic heterocycles. The van der Waals surface area contributed by atoms with Gasteiger partial charge in [0.1, 0.15) is 11.6 Å².